The molecule has 0 bridgehead atoms. The average molecular weight is 459 g/mol. The standard InChI is InChI=1S/C23H23FN2O5S/c1-3-31-21-11-7-5-9-19(21)26-23(27)16-12-13-18(24)22(14-16)32(28,29)25-15-17-8-4-6-10-20(17)30-2/h4-14,25H,3,15H2,1-2H3,(H,26,27). The van der Waals surface area contributed by atoms with Crippen LogP contribution in [0.5, 0.6) is 11.5 Å². The number of benzene rings is 3. The van der Waals surface area contributed by atoms with E-state index in [1.165, 1.54) is 13.2 Å². The fraction of sp³-hybridized carbons (Fsp3) is 0.174. The van der Waals surface area contributed by atoms with Gasteiger partial charge in [0, 0.05) is 17.7 Å². The maximum absolute atomic E-state index is 14.4. The van der Waals surface area contributed by atoms with E-state index in [4.69, 9.17) is 9.47 Å². The van der Waals surface area contributed by atoms with Crippen LogP contribution in [-0.2, 0) is 16.6 Å². The van der Waals surface area contributed by atoms with Gasteiger partial charge in [-0.15, -0.1) is 0 Å². The van der Waals surface area contributed by atoms with Gasteiger partial charge in [0.2, 0.25) is 10.0 Å². The van der Waals surface area contributed by atoms with Crippen LogP contribution in [0.1, 0.15) is 22.8 Å². The molecule has 3 rings (SSSR count). The maximum atomic E-state index is 14.4. The molecular weight excluding hydrogens is 435 g/mol. The van der Waals surface area contributed by atoms with Crippen molar-refractivity contribution >= 4 is 21.6 Å². The van der Waals surface area contributed by atoms with Crippen molar-refractivity contribution in [3.63, 3.8) is 0 Å². The molecular formula is C23H23FN2O5S. The second kappa shape index (κ2) is 10.3. The molecule has 0 radical (unpaired) electrons. The predicted octanol–water partition coefficient (Wildman–Crippen LogP) is 3.96. The summed E-state index contributed by atoms with van der Waals surface area (Å²) in [6, 6.07) is 16.9. The predicted molar refractivity (Wildman–Crippen MR) is 119 cm³/mol. The number of amides is 1. The van der Waals surface area contributed by atoms with E-state index in [0.717, 1.165) is 12.1 Å². The maximum Gasteiger partial charge on any atom is 0.255 e. The molecule has 9 heteroatoms. The molecule has 0 aliphatic heterocycles. The van der Waals surface area contributed by atoms with Gasteiger partial charge < -0.3 is 14.8 Å². The normalized spacial score (nSPS) is 11.1. The molecule has 3 aromatic rings. The van der Waals surface area contributed by atoms with Crippen LogP contribution in [0, 0.1) is 5.82 Å². The zero-order valence-corrected chi connectivity index (χ0v) is 18.4. The number of ether oxygens (including phenoxy) is 2. The van der Waals surface area contributed by atoms with Gasteiger partial charge in [0.25, 0.3) is 5.91 Å². The quantitative estimate of drug-likeness (QED) is 0.506. The van der Waals surface area contributed by atoms with Crippen LogP contribution in [0.25, 0.3) is 0 Å². The van der Waals surface area contributed by atoms with Crippen molar-refractivity contribution in [1.29, 1.82) is 0 Å². The highest BCUT2D eigenvalue weighted by Gasteiger charge is 2.22. The first kappa shape index (κ1) is 23.2. The monoisotopic (exact) mass is 458 g/mol. The lowest BCUT2D eigenvalue weighted by Crippen LogP contribution is -2.25. The van der Waals surface area contributed by atoms with Crippen molar-refractivity contribution < 1.29 is 27.1 Å². The van der Waals surface area contributed by atoms with E-state index >= 15 is 0 Å². The molecule has 0 spiro atoms. The Morgan fingerprint density at radius 1 is 1.00 bits per heavy atom. The Morgan fingerprint density at radius 3 is 2.41 bits per heavy atom. The van der Waals surface area contributed by atoms with E-state index in [9.17, 15) is 17.6 Å². The highest BCUT2D eigenvalue weighted by Crippen LogP contribution is 2.25. The van der Waals surface area contributed by atoms with Crippen LogP contribution in [0.4, 0.5) is 10.1 Å². The second-order valence-corrected chi connectivity index (χ2v) is 8.40. The summed E-state index contributed by atoms with van der Waals surface area (Å²) in [7, 11) is -2.77. The van der Waals surface area contributed by atoms with Crippen LogP contribution in [0.15, 0.2) is 71.6 Å². The summed E-state index contributed by atoms with van der Waals surface area (Å²) in [4.78, 5) is 12.1. The molecule has 0 atom stereocenters. The topological polar surface area (TPSA) is 93.7 Å². The molecule has 0 saturated carbocycles. The lowest BCUT2D eigenvalue weighted by molar-refractivity contribution is 0.102. The number of carbonyl (C=O) groups is 1. The molecule has 0 aliphatic carbocycles. The van der Waals surface area contributed by atoms with Crippen molar-refractivity contribution in [3.05, 3.63) is 83.7 Å². The number of hydrogen-bond donors (Lipinski definition) is 2. The Bertz CT molecular complexity index is 1210. The fourth-order valence-corrected chi connectivity index (χ4v) is 4.10. The van der Waals surface area contributed by atoms with Gasteiger partial charge in [-0.25, -0.2) is 17.5 Å². The molecule has 3 aromatic carbocycles. The van der Waals surface area contributed by atoms with Gasteiger partial charge in [0.1, 0.15) is 22.2 Å². The van der Waals surface area contributed by atoms with E-state index < -0.39 is 26.6 Å². The van der Waals surface area contributed by atoms with Crippen molar-refractivity contribution in [2.75, 3.05) is 19.0 Å². The summed E-state index contributed by atoms with van der Waals surface area (Å²) in [5, 5.41) is 2.66. The number of rotatable bonds is 9. The van der Waals surface area contributed by atoms with Crippen molar-refractivity contribution in [2.45, 2.75) is 18.4 Å². The fourth-order valence-electron chi connectivity index (χ4n) is 3.00. The molecule has 168 valence electrons. The van der Waals surface area contributed by atoms with E-state index in [0.29, 0.717) is 29.4 Å². The minimum Gasteiger partial charge on any atom is -0.496 e. The molecule has 0 aromatic heterocycles. The number of carbonyl (C=O) groups excluding carboxylic acids is 1. The third kappa shape index (κ3) is 5.43. The zero-order valence-electron chi connectivity index (χ0n) is 17.6. The van der Waals surface area contributed by atoms with Crippen molar-refractivity contribution in [3.8, 4) is 11.5 Å². The molecule has 0 saturated heterocycles. The molecule has 0 heterocycles. The van der Waals surface area contributed by atoms with Gasteiger partial charge in [0.05, 0.1) is 19.4 Å². The molecule has 0 fully saturated rings. The van der Waals surface area contributed by atoms with Gasteiger partial charge in [-0.2, -0.15) is 0 Å². The molecule has 2 N–H and O–H groups in total. The van der Waals surface area contributed by atoms with Gasteiger partial charge in [-0.05, 0) is 43.3 Å². The lowest BCUT2D eigenvalue weighted by atomic mass is 10.2. The first-order valence-electron chi connectivity index (χ1n) is 9.80. The van der Waals surface area contributed by atoms with Gasteiger partial charge in [-0.1, -0.05) is 30.3 Å². The van der Waals surface area contributed by atoms with Crippen LogP contribution in [0.2, 0.25) is 0 Å². The largest absolute Gasteiger partial charge is 0.496 e. The number of methoxy groups -OCH3 is 1. The number of hydrogen-bond acceptors (Lipinski definition) is 5. The van der Waals surface area contributed by atoms with Crippen LogP contribution in [0.3, 0.4) is 0 Å². The molecule has 32 heavy (non-hydrogen) atoms. The lowest BCUT2D eigenvalue weighted by Gasteiger charge is -2.13. The molecule has 1 amide bonds. The highest BCUT2D eigenvalue weighted by atomic mass is 32.2. The van der Waals surface area contributed by atoms with Crippen LogP contribution >= 0.6 is 0 Å². The summed E-state index contributed by atoms with van der Waals surface area (Å²) >= 11 is 0. The second-order valence-electron chi connectivity index (χ2n) is 6.66. The number of para-hydroxylation sites is 3. The number of sulfonamides is 1. The number of nitrogens with one attached hydrogen (secondary N) is 2. The minimum atomic E-state index is -4.25. The Balaban J connectivity index is 1.82. The van der Waals surface area contributed by atoms with Gasteiger partial charge in [-0.3, -0.25) is 4.79 Å². The SMILES string of the molecule is CCOc1ccccc1NC(=O)c1ccc(F)c(S(=O)(=O)NCc2ccccc2OC)c1. The van der Waals surface area contributed by atoms with E-state index in [2.05, 4.69) is 10.0 Å². The molecule has 7 nitrogen and oxygen atoms in total. The van der Waals surface area contributed by atoms with E-state index in [1.54, 1.807) is 48.5 Å². The summed E-state index contributed by atoms with van der Waals surface area (Å²) < 4.78 is 52.9. The third-order valence-electron chi connectivity index (χ3n) is 4.56. The van der Waals surface area contributed by atoms with Crippen molar-refractivity contribution in [1.82, 2.24) is 4.72 Å². The Kier molecular flexibility index (Phi) is 7.45. The van der Waals surface area contributed by atoms with Crippen molar-refractivity contribution in [2.24, 2.45) is 0 Å². The summed E-state index contributed by atoms with van der Waals surface area (Å²) in [6.45, 7) is 2.11. The van der Waals surface area contributed by atoms with Crippen LogP contribution in [-0.4, -0.2) is 28.0 Å². The Hall–Kier alpha value is -3.43. The van der Waals surface area contributed by atoms with E-state index in [-0.39, 0.29) is 12.1 Å². The van der Waals surface area contributed by atoms with Gasteiger partial charge >= 0.3 is 0 Å². The third-order valence-corrected chi connectivity index (χ3v) is 5.98. The van der Waals surface area contributed by atoms with Gasteiger partial charge in [0.15, 0.2) is 0 Å². The number of halogens is 1. The summed E-state index contributed by atoms with van der Waals surface area (Å²) in [5.41, 5.74) is 0.984. The summed E-state index contributed by atoms with van der Waals surface area (Å²) in [6.07, 6.45) is 0. The number of anilines is 1. The first-order chi connectivity index (χ1) is 15.4. The molecule has 0 unspecified atom stereocenters. The van der Waals surface area contributed by atoms with Crippen LogP contribution < -0.4 is 19.5 Å². The average Bonchev–Trinajstić information content (AvgIpc) is 2.79. The summed E-state index contributed by atoms with van der Waals surface area (Å²) in [5.74, 6) is -0.601. The highest BCUT2D eigenvalue weighted by molar-refractivity contribution is 7.89. The van der Waals surface area contributed by atoms with E-state index in [1.807, 2.05) is 6.92 Å². The Morgan fingerprint density at radius 2 is 1.69 bits per heavy atom. The Labute approximate surface area is 186 Å². The zero-order chi connectivity index (χ0) is 23.1. The first-order valence-corrected chi connectivity index (χ1v) is 11.3. The minimum absolute atomic E-state index is 0.0182. The molecule has 0 aliphatic rings. The smallest absolute Gasteiger partial charge is 0.255 e.